The molecule has 2 N–H and O–H groups in total. The monoisotopic (exact) mass is 318 g/mol. The van der Waals surface area contributed by atoms with E-state index >= 15 is 0 Å². The third-order valence-corrected chi connectivity index (χ3v) is 3.95. The zero-order valence-electron chi connectivity index (χ0n) is 11.1. The van der Waals surface area contributed by atoms with Crippen LogP contribution in [0.25, 0.3) is 21.8 Å². The van der Waals surface area contributed by atoms with Crippen LogP contribution in [0.3, 0.4) is 0 Å². The van der Waals surface area contributed by atoms with Gasteiger partial charge in [0, 0.05) is 11.8 Å². The van der Waals surface area contributed by atoms with E-state index in [4.69, 9.17) is 22.1 Å². The van der Waals surface area contributed by atoms with Crippen LogP contribution in [-0.4, -0.2) is 22.1 Å². The predicted octanol–water partition coefficient (Wildman–Crippen LogP) is 3.51. The molecule has 3 aromatic rings. The topological polar surface area (TPSA) is 73.9 Å². The molecule has 0 aliphatic carbocycles. The smallest absolute Gasteiger partial charge is 0.222 e. The summed E-state index contributed by atoms with van der Waals surface area (Å²) in [5, 5.41) is 0.645. The molecule has 2 aromatic heterocycles. The molecule has 0 amide bonds. The quantitative estimate of drug-likeness (QED) is 0.748. The van der Waals surface area contributed by atoms with Crippen molar-refractivity contribution in [2.45, 2.75) is 0 Å². The standard InChI is InChI=1S/C14H11ClN4OS/c1-20-10-5-3-2-4-8(10)11-12(21-14(16)19-11)9-6-7-17-13(15)18-9/h2-7H,1H3,(H2,16,19). The van der Waals surface area contributed by atoms with Gasteiger partial charge in [-0.05, 0) is 29.8 Å². The molecule has 0 saturated carbocycles. The van der Waals surface area contributed by atoms with Crippen molar-refractivity contribution in [2.24, 2.45) is 0 Å². The summed E-state index contributed by atoms with van der Waals surface area (Å²) in [6.07, 6.45) is 1.60. The molecule has 5 nitrogen and oxygen atoms in total. The highest BCUT2D eigenvalue weighted by Gasteiger charge is 2.18. The van der Waals surface area contributed by atoms with E-state index in [1.807, 2.05) is 24.3 Å². The number of nitrogens with two attached hydrogens (primary N) is 1. The number of ether oxygens (including phenoxy) is 1. The van der Waals surface area contributed by atoms with Crippen molar-refractivity contribution in [3.63, 3.8) is 0 Å². The number of anilines is 1. The van der Waals surface area contributed by atoms with Gasteiger partial charge in [-0.25, -0.2) is 15.0 Å². The highest BCUT2D eigenvalue weighted by atomic mass is 35.5. The second kappa shape index (κ2) is 5.67. The van der Waals surface area contributed by atoms with Crippen LogP contribution in [0.5, 0.6) is 5.75 Å². The molecule has 21 heavy (non-hydrogen) atoms. The first-order valence-electron chi connectivity index (χ1n) is 6.07. The van der Waals surface area contributed by atoms with Crippen LogP contribution >= 0.6 is 22.9 Å². The Kier molecular flexibility index (Phi) is 3.72. The van der Waals surface area contributed by atoms with Gasteiger partial charge < -0.3 is 10.5 Å². The van der Waals surface area contributed by atoms with Gasteiger partial charge in [0.15, 0.2) is 5.13 Å². The Morgan fingerprint density at radius 1 is 1.19 bits per heavy atom. The normalized spacial score (nSPS) is 10.6. The van der Waals surface area contributed by atoms with Gasteiger partial charge in [0.1, 0.15) is 5.75 Å². The van der Waals surface area contributed by atoms with Crippen LogP contribution in [0, 0.1) is 0 Å². The van der Waals surface area contributed by atoms with Crippen molar-refractivity contribution in [2.75, 3.05) is 12.8 Å². The number of hydrogen-bond acceptors (Lipinski definition) is 6. The predicted molar refractivity (Wildman–Crippen MR) is 84.6 cm³/mol. The summed E-state index contributed by atoms with van der Waals surface area (Å²) in [4.78, 5) is 13.4. The molecule has 0 aliphatic rings. The van der Waals surface area contributed by atoms with Crippen LogP contribution in [-0.2, 0) is 0 Å². The summed E-state index contributed by atoms with van der Waals surface area (Å²) >= 11 is 7.22. The summed E-state index contributed by atoms with van der Waals surface area (Å²) in [7, 11) is 1.62. The van der Waals surface area contributed by atoms with Crippen molar-refractivity contribution in [1.29, 1.82) is 0 Å². The Labute approximate surface area is 130 Å². The van der Waals surface area contributed by atoms with E-state index < -0.39 is 0 Å². The first-order chi connectivity index (χ1) is 10.2. The maximum Gasteiger partial charge on any atom is 0.222 e. The minimum Gasteiger partial charge on any atom is -0.496 e. The Morgan fingerprint density at radius 3 is 2.76 bits per heavy atom. The Bertz CT molecular complexity index is 790. The summed E-state index contributed by atoms with van der Waals surface area (Å²) in [5.41, 5.74) is 8.14. The Hall–Kier alpha value is -2.18. The highest BCUT2D eigenvalue weighted by Crippen LogP contribution is 2.40. The number of benzene rings is 1. The zero-order valence-corrected chi connectivity index (χ0v) is 12.6. The number of aromatic nitrogens is 3. The summed E-state index contributed by atoms with van der Waals surface area (Å²) in [6.45, 7) is 0. The molecule has 0 unspecified atom stereocenters. The molecule has 0 radical (unpaired) electrons. The van der Waals surface area contributed by atoms with E-state index in [0.29, 0.717) is 10.8 Å². The minimum atomic E-state index is 0.186. The number of rotatable bonds is 3. The lowest BCUT2D eigenvalue weighted by molar-refractivity contribution is 0.416. The van der Waals surface area contributed by atoms with Gasteiger partial charge in [0.25, 0.3) is 0 Å². The highest BCUT2D eigenvalue weighted by molar-refractivity contribution is 7.19. The number of methoxy groups -OCH3 is 1. The summed E-state index contributed by atoms with van der Waals surface area (Å²) in [6, 6.07) is 9.41. The van der Waals surface area contributed by atoms with Gasteiger partial charge in [-0.2, -0.15) is 0 Å². The fourth-order valence-electron chi connectivity index (χ4n) is 1.99. The van der Waals surface area contributed by atoms with Gasteiger partial charge >= 0.3 is 0 Å². The molecular formula is C14H11ClN4OS. The number of hydrogen-bond donors (Lipinski definition) is 1. The van der Waals surface area contributed by atoms with Crippen molar-refractivity contribution in [3.8, 4) is 27.6 Å². The lowest BCUT2D eigenvalue weighted by atomic mass is 10.1. The molecular weight excluding hydrogens is 308 g/mol. The SMILES string of the molecule is COc1ccccc1-c1nc(N)sc1-c1ccnc(Cl)n1. The molecule has 0 fully saturated rings. The zero-order chi connectivity index (χ0) is 14.8. The Morgan fingerprint density at radius 2 is 2.00 bits per heavy atom. The Balaban J connectivity index is 2.21. The molecule has 0 aliphatic heterocycles. The first kappa shape index (κ1) is 13.8. The summed E-state index contributed by atoms with van der Waals surface area (Å²) in [5.74, 6) is 0.726. The third-order valence-electron chi connectivity index (χ3n) is 2.86. The molecule has 0 spiro atoms. The van der Waals surface area contributed by atoms with E-state index in [0.717, 1.165) is 21.9 Å². The van der Waals surface area contributed by atoms with E-state index in [9.17, 15) is 0 Å². The fourth-order valence-corrected chi connectivity index (χ4v) is 2.96. The molecule has 0 saturated heterocycles. The molecule has 2 heterocycles. The van der Waals surface area contributed by atoms with Crippen molar-refractivity contribution in [3.05, 3.63) is 41.8 Å². The minimum absolute atomic E-state index is 0.186. The number of para-hydroxylation sites is 1. The van der Waals surface area contributed by atoms with Gasteiger partial charge in [-0.15, -0.1) is 0 Å². The van der Waals surface area contributed by atoms with Crippen molar-refractivity contribution in [1.82, 2.24) is 15.0 Å². The lowest BCUT2D eigenvalue weighted by Crippen LogP contribution is -1.91. The maximum absolute atomic E-state index is 5.87. The molecule has 106 valence electrons. The number of nitrogens with zero attached hydrogens (tertiary/aromatic N) is 3. The van der Waals surface area contributed by atoms with Gasteiger partial charge in [-0.1, -0.05) is 23.5 Å². The fraction of sp³-hybridized carbons (Fsp3) is 0.0714. The van der Waals surface area contributed by atoms with Crippen LogP contribution < -0.4 is 10.5 Å². The second-order valence-corrected chi connectivity index (χ2v) is 5.51. The average molecular weight is 319 g/mol. The largest absolute Gasteiger partial charge is 0.496 e. The van der Waals surface area contributed by atoms with Gasteiger partial charge in [0.2, 0.25) is 5.28 Å². The van der Waals surface area contributed by atoms with Gasteiger partial charge in [-0.3, -0.25) is 0 Å². The van der Waals surface area contributed by atoms with Crippen molar-refractivity contribution >= 4 is 28.1 Å². The number of nitrogen functional groups attached to an aromatic ring is 1. The third kappa shape index (κ3) is 2.68. The van der Waals surface area contributed by atoms with E-state index in [-0.39, 0.29) is 5.28 Å². The lowest BCUT2D eigenvalue weighted by Gasteiger charge is -2.07. The molecule has 0 bridgehead atoms. The average Bonchev–Trinajstić information content (AvgIpc) is 2.89. The van der Waals surface area contributed by atoms with Crippen LogP contribution in [0.15, 0.2) is 36.5 Å². The first-order valence-corrected chi connectivity index (χ1v) is 7.27. The molecule has 7 heteroatoms. The molecule has 0 atom stereocenters. The van der Waals surface area contributed by atoms with Crippen molar-refractivity contribution < 1.29 is 4.74 Å². The van der Waals surface area contributed by atoms with Crippen LogP contribution in [0.1, 0.15) is 0 Å². The number of halogens is 1. The molecule has 3 rings (SSSR count). The maximum atomic E-state index is 5.87. The van der Waals surface area contributed by atoms with E-state index in [1.54, 1.807) is 19.4 Å². The van der Waals surface area contributed by atoms with Gasteiger partial charge in [0.05, 0.1) is 23.4 Å². The second-order valence-electron chi connectivity index (χ2n) is 4.14. The van der Waals surface area contributed by atoms with E-state index in [1.165, 1.54) is 11.3 Å². The number of thiazole rings is 1. The van der Waals surface area contributed by atoms with E-state index in [2.05, 4.69) is 15.0 Å². The van der Waals surface area contributed by atoms with Crippen LogP contribution in [0.2, 0.25) is 5.28 Å². The molecule has 1 aromatic carbocycles. The van der Waals surface area contributed by atoms with Crippen LogP contribution in [0.4, 0.5) is 5.13 Å². The summed E-state index contributed by atoms with van der Waals surface area (Å²) < 4.78 is 5.39.